The Kier molecular flexibility index (Phi) is 4.79. The Morgan fingerprint density at radius 1 is 1.07 bits per heavy atom. The topological polar surface area (TPSA) is 97.8 Å². The van der Waals surface area contributed by atoms with Gasteiger partial charge in [-0.2, -0.15) is 0 Å². The molecule has 27 heavy (non-hydrogen) atoms. The maximum atomic E-state index is 12.6. The molecule has 0 aliphatic carbocycles. The van der Waals surface area contributed by atoms with Gasteiger partial charge in [0.25, 0.3) is 0 Å². The molecule has 1 amide bonds. The van der Waals surface area contributed by atoms with Gasteiger partial charge in [-0.15, -0.1) is 0 Å². The van der Waals surface area contributed by atoms with Crippen molar-refractivity contribution in [2.75, 3.05) is 43.9 Å². The van der Waals surface area contributed by atoms with Gasteiger partial charge in [-0.25, -0.2) is 0 Å². The number of carbonyl (C=O) groups is 1. The van der Waals surface area contributed by atoms with Crippen molar-refractivity contribution in [2.45, 2.75) is 6.42 Å². The second kappa shape index (κ2) is 7.38. The summed E-state index contributed by atoms with van der Waals surface area (Å²) in [7, 11) is 0. The fraction of sp³-hybridized carbons (Fsp3) is 0.300. The van der Waals surface area contributed by atoms with Crippen LogP contribution >= 0.6 is 0 Å². The zero-order valence-electron chi connectivity index (χ0n) is 14.9. The Labute approximate surface area is 155 Å². The highest BCUT2D eigenvalue weighted by molar-refractivity contribution is 5.96. The molecular weight excluding hydrogens is 346 g/mol. The van der Waals surface area contributed by atoms with Gasteiger partial charge in [0.1, 0.15) is 11.2 Å². The van der Waals surface area contributed by atoms with Crippen LogP contribution in [0, 0.1) is 0 Å². The average Bonchev–Trinajstić information content (AvgIpc) is 2.68. The highest BCUT2D eigenvalue weighted by atomic mass is 16.5. The van der Waals surface area contributed by atoms with Crippen LogP contribution in [-0.2, 0) is 9.53 Å². The second-order valence-corrected chi connectivity index (χ2v) is 6.65. The first-order valence-electron chi connectivity index (χ1n) is 8.96. The number of nitrogens with zero attached hydrogens (tertiary/aromatic N) is 1. The quantitative estimate of drug-likeness (QED) is 0.542. The molecule has 0 atom stereocenters. The molecule has 3 aromatic rings. The summed E-state index contributed by atoms with van der Waals surface area (Å²) in [6.45, 7) is 3.83. The monoisotopic (exact) mass is 367 g/mol. The molecule has 1 saturated heterocycles. The van der Waals surface area contributed by atoms with Gasteiger partial charge in [-0.3, -0.25) is 14.5 Å². The highest BCUT2D eigenvalue weighted by Gasteiger charge is 2.13. The lowest BCUT2D eigenvalue weighted by molar-refractivity contribution is -0.116. The average molecular weight is 367 g/mol. The number of amides is 1. The minimum atomic E-state index is -0.135. The Morgan fingerprint density at radius 2 is 1.89 bits per heavy atom. The number of nitrogens with one attached hydrogen (secondary N) is 1. The standard InChI is InChI=1S/C20H21N3O4/c21-13-1-4-17-16(11-13)20(25)15-3-2-14(12-18(15)27-17)22-19(24)5-6-23-7-9-26-10-8-23/h1-4,11-12H,5-10,21H2,(H,22,24). The number of rotatable bonds is 4. The van der Waals surface area contributed by atoms with Gasteiger partial charge in [0, 0.05) is 43.5 Å². The van der Waals surface area contributed by atoms with E-state index >= 15 is 0 Å². The smallest absolute Gasteiger partial charge is 0.225 e. The van der Waals surface area contributed by atoms with Gasteiger partial charge >= 0.3 is 0 Å². The lowest BCUT2D eigenvalue weighted by atomic mass is 10.1. The maximum absolute atomic E-state index is 12.6. The fourth-order valence-corrected chi connectivity index (χ4v) is 3.26. The summed E-state index contributed by atoms with van der Waals surface area (Å²) in [5.41, 5.74) is 7.64. The number of benzene rings is 2. The molecule has 4 rings (SSSR count). The molecule has 1 fully saturated rings. The van der Waals surface area contributed by atoms with E-state index in [1.54, 1.807) is 36.4 Å². The van der Waals surface area contributed by atoms with Gasteiger partial charge in [0.15, 0.2) is 0 Å². The van der Waals surface area contributed by atoms with Crippen LogP contribution in [0.3, 0.4) is 0 Å². The zero-order valence-corrected chi connectivity index (χ0v) is 14.9. The molecule has 0 spiro atoms. The molecule has 0 saturated carbocycles. The van der Waals surface area contributed by atoms with Crippen molar-refractivity contribution < 1.29 is 13.9 Å². The molecule has 0 unspecified atom stereocenters. The van der Waals surface area contributed by atoms with Crippen LogP contribution in [0.25, 0.3) is 21.9 Å². The van der Waals surface area contributed by atoms with Crippen LogP contribution in [0.2, 0.25) is 0 Å². The van der Waals surface area contributed by atoms with Crippen LogP contribution in [0.4, 0.5) is 11.4 Å². The summed E-state index contributed by atoms with van der Waals surface area (Å²) < 4.78 is 11.1. The van der Waals surface area contributed by atoms with E-state index in [9.17, 15) is 9.59 Å². The van der Waals surface area contributed by atoms with E-state index in [-0.39, 0.29) is 11.3 Å². The van der Waals surface area contributed by atoms with Crippen molar-refractivity contribution in [3.8, 4) is 0 Å². The molecule has 140 valence electrons. The lowest BCUT2D eigenvalue weighted by Crippen LogP contribution is -2.38. The minimum Gasteiger partial charge on any atom is -0.456 e. The van der Waals surface area contributed by atoms with Crippen molar-refractivity contribution in [3.05, 3.63) is 46.6 Å². The maximum Gasteiger partial charge on any atom is 0.225 e. The Hall–Kier alpha value is -2.90. The number of morpholine rings is 1. The third kappa shape index (κ3) is 3.79. The molecule has 1 aliphatic rings. The van der Waals surface area contributed by atoms with E-state index in [0.29, 0.717) is 59.5 Å². The molecule has 0 radical (unpaired) electrons. The van der Waals surface area contributed by atoms with Gasteiger partial charge < -0.3 is 20.2 Å². The van der Waals surface area contributed by atoms with Crippen molar-refractivity contribution in [2.24, 2.45) is 0 Å². The Bertz CT molecular complexity index is 1050. The van der Waals surface area contributed by atoms with Gasteiger partial charge in [0.05, 0.1) is 24.0 Å². The van der Waals surface area contributed by atoms with Crippen LogP contribution < -0.4 is 16.5 Å². The summed E-state index contributed by atoms with van der Waals surface area (Å²) in [4.78, 5) is 27.1. The highest BCUT2D eigenvalue weighted by Crippen LogP contribution is 2.23. The molecule has 1 aliphatic heterocycles. The van der Waals surface area contributed by atoms with E-state index < -0.39 is 0 Å². The number of hydrogen-bond donors (Lipinski definition) is 2. The number of anilines is 2. The molecule has 7 nitrogen and oxygen atoms in total. The van der Waals surface area contributed by atoms with Crippen molar-refractivity contribution in [1.82, 2.24) is 4.90 Å². The predicted octanol–water partition coefficient (Wildman–Crippen LogP) is 2.19. The predicted molar refractivity (Wildman–Crippen MR) is 105 cm³/mol. The SMILES string of the molecule is Nc1ccc2oc3cc(NC(=O)CCN4CCOCC4)ccc3c(=O)c2c1. The summed E-state index contributed by atoms with van der Waals surface area (Å²) in [5, 5.41) is 3.78. The van der Waals surface area contributed by atoms with Crippen molar-refractivity contribution >= 4 is 39.2 Å². The van der Waals surface area contributed by atoms with E-state index in [1.165, 1.54) is 0 Å². The second-order valence-electron chi connectivity index (χ2n) is 6.65. The van der Waals surface area contributed by atoms with E-state index in [1.807, 2.05) is 0 Å². The number of nitrogen functional groups attached to an aromatic ring is 1. The molecule has 1 aromatic heterocycles. The first kappa shape index (κ1) is 17.5. The van der Waals surface area contributed by atoms with Crippen LogP contribution in [-0.4, -0.2) is 43.7 Å². The molecule has 2 heterocycles. The lowest BCUT2D eigenvalue weighted by Gasteiger charge is -2.26. The van der Waals surface area contributed by atoms with E-state index in [2.05, 4.69) is 10.2 Å². The largest absolute Gasteiger partial charge is 0.456 e. The van der Waals surface area contributed by atoms with E-state index in [0.717, 1.165) is 13.1 Å². The fourth-order valence-electron chi connectivity index (χ4n) is 3.26. The van der Waals surface area contributed by atoms with Crippen molar-refractivity contribution in [3.63, 3.8) is 0 Å². The summed E-state index contributed by atoms with van der Waals surface area (Å²) in [6.07, 6.45) is 0.402. The van der Waals surface area contributed by atoms with Crippen LogP contribution in [0.15, 0.2) is 45.6 Å². The zero-order chi connectivity index (χ0) is 18.8. The molecule has 7 heteroatoms. The molecule has 3 N–H and O–H groups in total. The number of nitrogens with two attached hydrogens (primary N) is 1. The van der Waals surface area contributed by atoms with Gasteiger partial charge in [-0.05, 0) is 30.3 Å². The summed E-state index contributed by atoms with van der Waals surface area (Å²) >= 11 is 0. The minimum absolute atomic E-state index is 0.0725. The van der Waals surface area contributed by atoms with E-state index in [4.69, 9.17) is 14.9 Å². The van der Waals surface area contributed by atoms with Gasteiger partial charge in [0.2, 0.25) is 11.3 Å². The van der Waals surface area contributed by atoms with Crippen LogP contribution in [0.5, 0.6) is 0 Å². The number of fused-ring (bicyclic) bond motifs is 2. The molecule has 2 aromatic carbocycles. The first-order chi connectivity index (χ1) is 13.1. The summed E-state index contributed by atoms with van der Waals surface area (Å²) in [6, 6.07) is 10.0. The number of carbonyl (C=O) groups excluding carboxylic acids is 1. The first-order valence-corrected chi connectivity index (χ1v) is 8.96. The third-order valence-electron chi connectivity index (χ3n) is 4.74. The molecule has 0 bridgehead atoms. The third-order valence-corrected chi connectivity index (χ3v) is 4.74. The number of hydrogen-bond acceptors (Lipinski definition) is 6. The van der Waals surface area contributed by atoms with Crippen molar-refractivity contribution in [1.29, 1.82) is 0 Å². The molecular formula is C20H21N3O4. The normalized spacial score (nSPS) is 15.3. The van der Waals surface area contributed by atoms with Gasteiger partial charge in [-0.1, -0.05) is 0 Å². The Morgan fingerprint density at radius 3 is 2.70 bits per heavy atom. The Balaban J connectivity index is 1.52. The summed E-state index contributed by atoms with van der Waals surface area (Å²) in [5.74, 6) is -0.0725. The van der Waals surface area contributed by atoms with Crippen LogP contribution in [0.1, 0.15) is 6.42 Å². The number of ether oxygens (including phenoxy) is 1.